The molecule has 2 amide bonds. The smallest absolute Gasteiger partial charge is 0.341 e. The molecule has 0 saturated heterocycles. The van der Waals surface area contributed by atoms with E-state index in [0.29, 0.717) is 42.7 Å². The zero-order chi connectivity index (χ0) is 19.3. The fourth-order valence-electron chi connectivity index (χ4n) is 3.32. The Labute approximate surface area is 157 Å². The summed E-state index contributed by atoms with van der Waals surface area (Å²) in [5, 5.41) is 15.2. The molecule has 144 valence electrons. The van der Waals surface area contributed by atoms with Gasteiger partial charge in [0.05, 0.1) is 18.1 Å². The number of anilines is 1. The quantitative estimate of drug-likeness (QED) is 0.653. The normalized spacial score (nSPS) is 19.7. The fourth-order valence-corrected chi connectivity index (χ4v) is 4.45. The van der Waals surface area contributed by atoms with Crippen molar-refractivity contribution in [2.45, 2.75) is 58.9 Å². The summed E-state index contributed by atoms with van der Waals surface area (Å²) >= 11 is 1.36. The van der Waals surface area contributed by atoms with E-state index in [1.807, 2.05) is 13.8 Å². The van der Waals surface area contributed by atoms with Gasteiger partial charge >= 0.3 is 18.0 Å². The highest BCUT2D eigenvalue weighted by Gasteiger charge is 2.28. The number of thiophene rings is 1. The Balaban J connectivity index is 2.03. The highest BCUT2D eigenvalue weighted by Crippen LogP contribution is 2.34. The van der Waals surface area contributed by atoms with E-state index in [0.717, 1.165) is 10.4 Å². The van der Waals surface area contributed by atoms with Crippen molar-refractivity contribution in [2.75, 3.05) is 11.9 Å². The molecule has 0 unspecified atom stereocenters. The summed E-state index contributed by atoms with van der Waals surface area (Å²) in [4.78, 5) is 36.6. The third kappa shape index (κ3) is 4.75. The van der Waals surface area contributed by atoms with Crippen molar-refractivity contribution >= 4 is 34.3 Å². The van der Waals surface area contributed by atoms with E-state index in [1.54, 1.807) is 6.92 Å². The van der Waals surface area contributed by atoms with Gasteiger partial charge in [0.25, 0.3) is 0 Å². The molecule has 1 saturated carbocycles. The molecule has 0 aromatic carbocycles. The Hall–Kier alpha value is -2.09. The number of aryl methyl sites for hydroxylation is 1. The first-order valence-electron chi connectivity index (χ1n) is 8.97. The van der Waals surface area contributed by atoms with Crippen molar-refractivity contribution in [3.63, 3.8) is 0 Å². The maximum atomic E-state index is 12.4. The van der Waals surface area contributed by atoms with Gasteiger partial charge in [0.2, 0.25) is 0 Å². The lowest BCUT2D eigenvalue weighted by molar-refractivity contribution is -0.142. The van der Waals surface area contributed by atoms with Gasteiger partial charge in [-0.3, -0.25) is 10.1 Å². The molecule has 0 spiro atoms. The highest BCUT2D eigenvalue weighted by atomic mass is 32.1. The van der Waals surface area contributed by atoms with E-state index in [-0.39, 0.29) is 24.6 Å². The lowest BCUT2D eigenvalue weighted by Crippen LogP contribution is -2.41. The number of aliphatic carboxylic acids is 1. The molecule has 1 fully saturated rings. The number of carbonyl (C=O) groups is 3. The topological polar surface area (TPSA) is 105 Å². The van der Waals surface area contributed by atoms with Gasteiger partial charge < -0.3 is 15.2 Å². The second kappa shape index (κ2) is 9.02. The zero-order valence-electron chi connectivity index (χ0n) is 15.4. The molecule has 2 rings (SSSR count). The van der Waals surface area contributed by atoms with Crippen LogP contribution in [0, 0.1) is 12.8 Å². The first-order chi connectivity index (χ1) is 12.4. The molecule has 0 radical (unpaired) electrons. The van der Waals surface area contributed by atoms with Crippen molar-refractivity contribution in [1.82, 2.24) is 5.32 Å². The maximum absolute atomic E-state index is 12.4. The number of rotatable bonds is 6. The zero-order valence-corrected chi connectivity index (χ0v) is 16.2. The number of esters is 1. The number of urea groups is 1. The third-order valence-corrected chi connectivity index (χ3v) is 5.74. The van der Waals surface area contributed by atoms with Crippen molar-refractivity contribution in [3.8, 4) is 0 Å². The van der Waals surface area contributed by atoms with E-state index >= 15 is 0 Å². The average Bonchev–Trinajstić information content (AvgIpc) is 2.90. The number of hydrogen-bond donors (Lipinski definition) is 3. The molecule has 1 aromatic rings. The molecule has 0 atom stereocenters. The molecule has 1 heterocycles. The second-order valence-corrected chi connectivity index (χ2v) is 7.62. The van der Waals surface area contributed by atoms with Crippen LogP contribution in [0.3, 0.4) is 0 Å². The van der Waals surface area contributed by atoms with Crippen LogP contribution in [0.25, 0.3) is 0 Å². The minimum Gasteiger partial charge on any atom is -0.481 e. The SMILES string of the molecule is CCOC(=O)c1c(NC(=O)NC2CCC(C(=O)O)CC2)sc(C)c1CC. The highest BCUT2D eigenvalue weighted by molar-refractivity contribution is 7.16. The number of hydrogen-bond acceptors (Lipinski definition) is 5. The minimum absolute atomic E-state index is 0.0525. The predicted molar refractivity (Wildman–Crippen MR) is 99.9 cm³/mol. The van der Waals surface area contributed by atoms with E-state index < -0.39 is 11.9 Å². The van der Waals surface area contributed by atoms with E-state index in [2.05, 4.69) is 10.6 Å². The summed E-state index contributed by atoms with van der Waals surface area (Å²) in [7, 11) is 0. The number of carboxylic acid groups (broad SMARTS) is 1. The first kappa shape index (κ1) is 20.2. The Morgan fingerprint density at radius 2 is 1.85 bits per heavy atom. The van der Waals surface area contributed by atoms with Gasteiger partial charge in [-0.1, -0.05) is 6.92 Å². The molecule has 1 aliphatic rings. The van der Waals surface area contributed by atoms with Crippen LogP contribution in [0.15, 0.2) is 0 Å². The Morgan fingerprint density at radius 3 is 2.38 bits per heavy atom. The van der Waals surface area contributed by atoms with Crippen LogP contribution in [0.1, 0.15) is 60.3 Å². The molecule has 3 N–H and O–H groups in total. The molecular weight excluding hydrogens is 356 g/mol. The largest absolute Gasteiger partial charge is 0.481 e. The van der Waals surface area contributed by atoms with Crippen LogP contribution in [-0.4, -0.2) is 35.7 Å². The van der Waals surface area contributed by atoms with Crippen molar-refractivity contribution < 1.29 is 24.2 Å². The van der Waals surface area contributed by atoms with Crippen LogP contribution in [-0.2, 0) is 16.0 Å². The van der Waals surface area contributed by atoms with Gasteiger partial charge in [-0.25, -0.2) is 9.59 Å². The Bertz CT molecular complexity index is 677. The Morgan fingerprint density at radius 1 is 1.19 bits per heavy atom. The number of amides is 2. The number of carboxylic acids is 1. The molecule has 0 bridgehead atoms. The van der Waals surface area contributed by atoms with Gasteiger partial charge in [0.15, 0.2) is 0 Å². The predicted octanol–water partition coefficient (Wildman–Crippen LogP) is 3.56. The molecule has 1 aromatic heterocycles. The summed E-state index contributed by atoms with van der Waals surface area (Å²) in [6, 6.07) is -0.429. The third-order valence-electron chi connectivity index (χ3n) is 4.68. The van der Waals surface area contributed by atoms with Crippen molar-refractivity contribution in [1.29, 1.82) is 0 Å². The van der Waals surface area contributed by atoms with E-state index in [9.17, 15) is 14.4 Å². The average molecular weight is 382 g/mol. The summed E-state index contributed by atoms with van der Waals surface area (Å²) in [5.41, 5.74) is 1.33. The second-order valence-electron chi connectivity index (χ2n) is 6.40. The maximum Gasteiger partial charge on any atom is 0.341 e. The van der Waals surface area contributed by atoms with Crippen LogP contribution in [0.2, 0.25) is 0 Å². The van der Waals surface area contributed by atoms with Crippen LogP contribution >= 0.6 is 11.3 Å². The number of nitrogens with one attached hydrogen (secondary N) is 2. The van der Waals surface area contributed by atoms with Crippen LogP contribution in [0.5, 0.6) is 0 Å². The molecule has 8 heteroatoms. The molecule has 0 aliphatic heterocycles. The standard InChI is InChI=1S/C18H26N2O5S/c1-4-13-10(3)26-15(14(13)17(23)25-5-2)20-18(24)19-12-8-6-11(7-9-12)16(21)22/h11-12H,4-9H2,1-3H3,(H,21,22)(H2,19,20,24). The van der Waals surface area contributed by atoms with Crippen molar-refractivity contribution in [2.24, 2.45) is 5.92 Å². The summed E-state index contributed by atoms with van der Waals surface area (Å²) in [6.45, 7) is 5.90. The van der Waals surface area contributed by atoms with Gasteiger partial charge in [0, 0.05) is 10.9 Å². The van der Waals surface area contributed by atoms with Gasteiger partial charge in [-0.05, 0) is 51.5 Å². The van der Waals surface area contributed by atoms with E-state index in [1.165, 1.54) is 11.3 Å². The lowest BCUT2D eigenvalue weighted by Gasteiger charge is -2.26. The van der Waals surface area contributed by atoms with Gasteiger partial charge in [0.1, 0.15) is 5.00 Å². The van der Waals surface area contributed by atoms with Crippen LogP contribution in [0.4, 0.5) is 9.80 Å². The van der Waals surface area contributed by atoms with Crippen LogP contribution < -0.4 is 10.6 Å². The van der Waals surface area contributed by atoms with E-state index in [4.69, 9.17) is 9.84 Å². The molecule has 26 heavy (non-hydrogen) atoms. The molecular formula is C18H26N2O5S. The monoisotopic (exact) mass is 382 g/mol. The summed E-state index contributed by atoms with van der Waals surface area (Å²) in [5.74, 6) is -1.52. The lowest BCUT2D eigenvalue weighted by atomic mass is 9.86. The number of carbonyl (C=O) groups excluding carboxylic acids is 2. The molecule has 7 nitrogen and oxygen atoms in total. The molecule has 1 aliphatic carbocycles. The Kier molecular flexibility index (Phi) is 7.02. The van der Waals surface area contributed by atoms with Gasteiger partial charge in [-0.15, -0.1) is 11.3 Å². The van der Waals surface area contributed by atoms with Crippen molar-refractivity contribution in [3.05, 3.63) is 16.0 Å². The fraction of sp³-hybridized carbons (Fsp3) is 0.611. The summed E-state index contributed by atoms with van der Waals surface area (Å²) in [6.07, 6.45) is 3.08. The minimum atomic E-state index is -0.770. The van der Waals surface area contributed by atoms with Gasteiger partial charge in [-0.2, -0.15) is 0 Å². The first-order valence-corrected chi connectivity index (χ1v) is 9.78. The summed E-state index contributed by atoms with van der Waals surface area (Å²) < 4.78 is 5.13. The number of ether oxygens (including phenoxy) is 1.